The number of phenols is 1. The van der Waals surface area contributed by atoms with Gasteiger partial charge in [0.1, 0.15) is 11.6 Å². The highest BCUT2D eigenvalue weighted by Crippen LogP contribution is 2.30. The lowest BCUT2D eigenvalue weighted by atomic mass is 10.3. The summed E-state index contributed by atoms with van der Waals surface area (Å²) in [5, 5.41) is 23.5. The van der Waals surface area contributed by atoms with Gasteiger partial charge in [0.15, 0.2) is 5.69 Å². The molecular weight excluding hydrogens is 313 g/mol. The average molecular weight is 328 g/mol. The number of nitrogens with one attached hydrogen (secondary N) is 2. The van der Waals surface area contributed by atoms with E-state index in [9.17, 15) is 18.3 Å². The standard InChI is InChI=1S/C14H15F3N4O2/c1-8(7-22)18-13-20-11(14(15,16)17)6-12(21-13)19-9-2-4-10(23)5-3-9/h2-6,8,22-23H,7H2,1H3,(H2,18,19,20,21)/t8-/m1/s1. The first-order chi connectivity index (χ1) is 10.8. The van der Waals surface area contributed by atoms with Gasteiger partial charge in [0.05, 0.1) is 6.61 Å². The molecule has 6 nitrogen and oxygen atoms in total. The van der Waals surface area contributed by atoms with Gasteiger partial charge in [-0.2, -0.15) is 18.2 Å². The Morgan fingerprint density at radius 1 is 1.17 bits per heavy atom. The normalized spacial score (nSPS) is 12.7. The number of halogens is 3. The predicted octanol–water partition coefficient (Wildman–Crippen LogP) is 2.74. The number of aliphatic hydroxyl groups excluding tert-OH is 1. The monoisotopic (exact) mass is 328 g/mol. The highest BCUT2D eigenvalue weighted by molar-refractivity contribution is 5.58. The van der Waals surface area contributed by atoms with E-state index in [-0.39, 0.29) is 24.1 Å². The van der Waals surface area contributed by atoms with Crippen LogP contribution in [0.15, 0.2) is 30.3 Å². The molecule has 0 unspecified atom stereocenters. The van der Waals surface area contributed by atoms with Crippen molar-refractivity contribution >= 4 is 17.5 Å². The fraction of sp³-hybridized carbons (Fsp3) is 0.286. The van der Waals surface area contributed by atoms with Crippen LogP contribution < -0.4 is 10.6 Å². The molecule has 0 aliphatic heterocycles. The molecule has 0 spiro atoms. The van der Waals surface area contributed by atoms with Gasteiger partial charge in [0.25, 0.3) is 0 Å². The van der Waals surface area contributed by atoms with Gasteiger partial charge in [-0.1, -0.05) is 0 Å². The fourth-order valence-electron chi connectivity index (χ4n) is 1.68. The Morgan fingerprint density at radius 2 is 1.83 bits per heavy atom. The van der Waals surface area contributed by atoms with Gasteiger partial charge in [-0.05, 0) is 31.2 Å². The van der Waals surface area contributed by atoms with Crippen LogP contribution in [-0.2, 0) is 6.18 Å². The summed E-state index contributed by atoms with van der Waals surface area (Å²) in [5.74, 6) is -0.276. The van der Waals surface area contributed by atoms with E-state index < -0.39 is 17.9 Å². The third kappa shape index (κ3) is 4.71. The van der Waals surface area contributed by atoms with E-state index in [2.05, 4.69) is 20.6 Å². The molecule has 9 heteroatoms. The van der Waals surface area contributed by atoms with E-state index in [0.29, 0.717) is 5.69 Å². The summed E-state index contributed by atoms with van der Waals surface area (Å²) in [7, 11) is 0. The quantitative estimate of drug-likeness (QED) is 0.631. The van der Waals surface area contributed by atoms with Crippen LogP contribution in [0.1, 0.15) is 12.6 Å². The van der Waals surface area contributed by atoms with Crippen LogP contribution in [0.2, 0.25) is 0 Å². The number of anilines is 3. The summed E-state index contributed by atoms with van der Waals surface area (Å²) < 4.78 is 38.8. The molecule has 0 aliphatic carbocycles. The zero-order chi connectivity index (χ0) is 17.0. The number of hydrogen-bond donors (Lipinski definition) is 4. The number of phenolic OH excluding ortho intramolecular Hbond substituents is 1. The van der Waals surface area contributed by atoms with Gasteiger partial charge < -0.3 is 20.8 Å². The second-order valence-corrected chi connectivity index (χ2v) is 4.86. The molecule has 124 valence electrons. The largest absolute Gasteiger partial charge is 0.508 e. The highest BCUT2D eigenvalue weighted by atomic mass is 19.4. The van der Waals surface area contributed by atoms with Crippen LogP contribution in [-0.4, -0.2) is 32.8 Å². The number of aromatic hydroxyl groups is 1. The number of rotatable bonds is 5. The Morgan fingerprint density at radius 3 is 2.39 bits per heavy atom. The number of alkyl halides is 3. The van der Waals surface area contributed by atoms with E-state index >= 15 is 0 Å². The van der Waals surface area contributed by atoms with E-state index in [4.69, 9.17) is 5.11 Å². The summed E-state index contributed by atoms with van der Waals surface area (Å²) in [6, 6.07) is 6.05. The molecule has 0 saturated heterocycles. The van der Waals surface area contributed by atoms with Crippen LogP contribution >= 0.6 is 0 Å². The fourth-order valence-corrected chi connectivity index (χ4v) is 1.68. The molecule has 0 radical (unpaired) electrons. The van der Waals surface area contributed by atoms with E-state index in [1.807, 2.05) is 0 Å². The van der Waals surface area contributed by atoms with Gasteiger partial charge in [-0.3, -0.25) is 0 Å². The molecule has 0 bridgehead atoms. The number of benzene rings is 1. The van der Waals surface area contributed by atoms with Crippen LogP contribution in [0.3, 0.4) is 0 Å². The molecule has 4 N–H and O–H groups in total. The Hall–Kier alpha value is -2.55. The molecule has 0 saturated carbocycles. The van der Waals surface area contributed by atoms with E-state index in [1.165, 1.54) is 24.3 Å². The minimum atomic E-state index is -4.63. The van der Waals surface area contributed by atoms with Crippen molar-refractivity contribution < 1.29 is 23.4 Å². The summed E-state index contributed by atoms with van der Waals surface area (Å²) >= 11 is 0. The molecular formula is C14H15F3N4O2. The molecule has 2 aromatic rings. The Labute approximate surface area is 130 Å². The van der Waals surface area contributed by atoms with Crippen LogP contribution in [0.4, 0.5) is 30.6 Å². The van der Waals surface area contributed by atoms with Crippen molar-refractivity contribution in [1.82, 2.24) is 9.97 Å². The van der Waals surface area contributed by atoms with Gasteiger partial charge in [0, 0.05) is 17.8 Å². The first-order valence-electron chi connectivity index (χ1n) is 6.67. The van der Waals surface area contributed by atoms with Crippen LogP contribution in [0, 0.1) is 0 Å². The first kappa shape index (κ1) is 16.8. The minimum Gasteiger partial charge on any atom is -0.508 e. The lowest BCUT2D eigenvalue weighted by Gasteiger charge is -2.15. The zero-order valence-corrected chi connectivity index (χ0v) is 12.1. The van der Waals surface area contributed by atoms with Gasteiger partial charge in [-0.15, -0.1) is 0 Å². The van der Waals surface area contributed by atoms with Crippen LogP contribution in [0.25, 0.3) is 0 Å². The second-order valence-electron chi connectivity index (χ2n) is 4.86. The van der Waals surface area contributed by atoms with Crippen molar-refractivity contribution in [3.8, 4) is 5.75 Å². The van der Waals surface area contributed by atoms with Crippen molar-refractivity contribution in [2.45, 2.75) is 19.1 Å². The Bertz CT molecular complexity index is 662. The number of nitrogens with zero attached hydrogens (tertiary/aromatic N) is 2. The summed E-state index contributed by atoms with van der Waals surface area (Å²) in [5.41, 5.74) is -0.655. The molecule has 0 fully saturated rings. The second kappa shape index (κ2) is 6.69. The molecule has 23 heavy (non-hydrogen) atoms. The Kier molecular flexibility index (Phi) is 4.89. The number of aromatic nitrogens is 2. The molecule has 0 aliphatic rings. The Balaban J connectivity index is 2.33. The topological polar surface area (TPSA) is 90.3 Å². The van der Waals surface area contributed by atoms with E-state index in [0.717, 1.165) is 6.07 Å². The molecule has 1 heterocycles. The van der Waals surface area contributed by atoms with Crippen molar-refractivity contribution in [2.24, 2.45) is 0 Å². The third-order valence-corrected chi connectivity index (χ3v) is 2.81. The van der Waals surface area contributed by atoms with E-state index in [1.54, 1.807) is 6.92 Å². The van der Waals surface area contributed by atoms with Crippen molar-refractivity contribution in [3.63, 3.8) is 0 Å². The van der Waals surface area contributed by atoms with Crippen molar-refractivity contribution in [3.05, 3.63) is 36.0 Å². The first-order valence-corrected chi connectivity index (χ1v) is 6.67. The maximum absolute atomic E-state index is 12.9. The molecule has 0 amide bonds. The van der Waals surface area contributed by atoms with Gasteiger partial charge in [-0.25, -0.2) is 4.98 Å². The van der Waals surface area contributed by atoms with Gasteiger partial charge >= 0.3 is 6.18 Å². The van der Waals surface area contributed by atoms with Crippen molar-refractivity contribution in [1.29, 1.82) is 0 Å². The average Bonchev–Trinajstić information content (AvgIpc) is 2.48. The molecule has 2 rings (SSSR count). The maximum atomic E-state index is 12.9. The molecule has 1 aromatic heterocycles. The van der Waals surface area contributed by atoms with Gasteiger partial charge in [0.2, 0.25) is 5.95 Å². The highest BCUT2D eigenvalue weighted by Gasteiger charge is 2.33. The summed E-state index contributed by atoms with van der Waals surface area (Å²) in [6.07, 6.45) is -4.63. The predicted molar refractivity (Wildman–Crippen MR) is 78.6 cm³/mol. The summed E-state index contributed by atoms with van der Waals surface area (Å²) in [4.78, 5) is 7.36. The number of aliphatic hydroxyl groups is 1. The SMILES string of the molecule is C[C@H](CO)Nc1nc(Nc2ccc(O)cc2)cc(C(F)(F)F)n1. The van der Waals surface area contributed by atoms with Crippen LogP contribution in [0.5, 0.6) is 5.75 Å². The molecule has 1 atom stereocenters. The number of hydrogen-bond acceptors (Lipinski definition) is 6. The minimum absolute atomic E-state index is 0.0355. The van der Waals surface area contributed by atoms with Crippen molar-refractivity contribution in [2.75, 3.05) is 17.2 Å². The lowest BCUT2D eigenvalue weighted by Crippen LogP contribution is -2.22. The third-order valence-electron chi connectivity index (χ3n) is 2.81. The zero-order valence-electron chi connectivity index (χ0n) is 12.1. The maximum Gasteiger partial charge on any atom is 0.433 e. The summed E-state index contributed by atoms with van der Waals surface area (Å²) in [6.45, 7) is 1.30. The lowest BCUT2D eigenvalue weighted by molar-refractivity contribution is -0.141. The smallest absolute Gasteiger partial charge is 0.433 e. The molecule has 1 aromatic carbocycles.